The lowest BCUT2D eigenvalue weighted by molar-refractivity contribution is 0.0963. The maximum atomic E-state index is 11.9. The summed E-state index contributed by atoms with van der Waals surface area (Å²) < 4.78 is 0. The third-order valence-electron chi connectivity index (χ3n) is 5.45. The lowest BCUT2D eigenvalue weighted by Gasteiger charge is -2.09. The van der Waals surface area contributed by atoms with Gasteiger partial charge in [-0.15, -0.1) is 11.3 Å². The predicted molar refractivity (Wildman–Crippen MR) is 134 cm³/mol. The van der Waals surface area contributed by atoms with E-state index in [4.69, 9.17) is 4.98 Å². The Balaban J connectivity index is 1.37. The number of fused-ring (bicyclic) bond motifs is 1. The van der Waals surface area contributed by atoms with Crippen molar-refractivity contribution in [2.45, 2.75) is 33.1 Å². The molecule has 5 nitrogen and oxygen atoms in total. The zero-order chi connectivity index (χ0) is 22.5. The van der Waals surface area contributed by atoms with Gasteiger partial charge in [0.25, 0.3) is 5.91 Å². The number of amides is 1. The van der Waals surface area contributed by atoms with Crippen molar-refractivity contribution in [2.24, 2.45) is 0 Å². The monoisotopic (exact) mass is 444 g/mol. The van der Waals surface area contributed by atoms with Crippen LogP contribution in [0, 0.1) is 6.92 Å². The molecular formula is C26H28N4OS. The summed E-state index contributed by atoms with van der Waals surface area (Å²) in [7, 11) is 1.65. The van der Waals surface area contributed by atoms with E-state index in [0.29, 0.717) is 5.56 Å². The molecule has 0 saturated heterocycles. The van der Waals surface area contributed by atoms with Crippen LogP contribution in [0.1, 0.15) is 40.0 Å². The minimum absolute atomic E-state index is 0.0689. The van der Waals surface area contributed by atoms with Gasteiger partial charge in [0.2, 0.25) is 0 Å². The molecule has 0 unspecified atom stereocenters. The summed E-state index contributed by atoms with van der Waals surface area (Å²) in [6.07, 6.45) is 2.84. The first-order valence-electron chi connectivity index (χ1n) is 11.0. The molecule has 164 valence electrons. The molecule has 2 aromatic heterocycles. The van der Waals surface area contributed by atoms with E-state index in [-0.39, 0.29) is 5.91 Å². The lowest BCUT2D eigenvalue weighted by Crippen LogP contribution is -2.17. The standard InChI is InChI=1S/C26H28N4OS/c1-4-23-29-24(22-15-17(2)32-26(22)30-23)28-14-6-7-18-10-12-19(13-11-18)20-8-5-9-21(16-20)25(31)27-3/h5,8-13,15-16H,4,6-7,14H2,1-3H3,(H,27,31)(H,28,29,30). The van der Waals surface area contributed by atoms with Crippen LogP contribution in [0.4, 0.5) is 5.82 Å². The fourth-order valence-corrected chi connectivity index (χ4v) is 4.62. The van der Waals surface area contributed by atoms with Gasteiger partial charge in [-0.25, -0.2) is 9.97 Å². The van der Waals surface area contributed by atoms with Gasteiger partial charge in [0.1, 0.15) is 16.5 Å². The number of nitrogens with zero attached hydrogens (tertiary/aromatic N) is 2. The minimum atomic E-state index is -0.0689. The van der Waals surface area contributed by atoms with Crippen LogP contribution in [0.5, 0.6) is 0 Å². The van der Waals surface area contributed by atoms with Gasteiger partial charge >= 0.3 is 0 Å². The maximum absolute atomic E-state index is 11.9. The number of anilines is 1. The summed E-state index contributed by atoms with van der Waals surface area (Å²) in [6, 6.07) is 18.5. The number of aryl methyl sites for hydroxylation is 3. The molecule has 0 aliphatic heterocycles. The Hall–Kier alpha value is -3.25. The molecule has 6 heteroatoms. The van der Waals surface area contributed by atoms with Gasteiger partial charge in [-0.05, 0) is 54.7 Å². The lowest BCUT2D eigenvalue weighted by atomic mass is 10.0. The number of rotatable bonds is 8. The summed E-state index contributed by atoms with van der Waals surface area (Å²) in [5.74, 6) is 1.76. The first-order chi connectivity index (χ1) is 15.6. The summed E-state index contributed by atoms with van der Waals surface area (Å²) in [4.78, 5) is 23.6. The molecule has 1 amide bonds. The van der Waals surface area contributed by atoms with Crippen molar-refractivity contribution >= 4 is 33.3 Å². The number of hydrogen-bond donors (Lipinski definition) is 2. The molecule has 0 aliphatic rings. The van der Waals surface area contributed by atoms with Gasteiger partial charge in [-0.1, -0.05) is 43.3 Å². The quantitative estimate of drug-likeness (QED) is 0.346. The van der Waals surface area contributed by atoms with E-state index in [1.165, 1.54) is 10.4 Å². The van der Waals surface area contributed by atoms with Crippen molar-refractivity contribution in [1.82, 2.24) is 15.3 Å². The van der Waals surface area contributed by atoms with Crippen LogP contribution in [0.2, 0.25) is 0 Å². The molecule has 0 bridgehead atoms. The summed E-state index contributed by atoms with van der Waals surface area (Å²) in [6.45, 7) is 5.06. The van der Waals surface area contributed by atoms with Crippen LogP contribution in [0.25, 0.3) is 21.3 Å². The Bertz CT molecular complexity index is 1230. The van der Waals surface area contributed by atoms with Crippen molar-refractivity contribution in [1.29, 1.82) is 0 Å². The van der Waals surface area contributed by atoms with Crippen LogP contribution in [0.15, 0.2) is 54.6 Å². The highest BCUT2D eigenvalue weighted by Gasteiger charge is 2.10. The highest BCUT2D eigenvalue weighted by atomic mass is 32.1. The van der Waals surface area contributed by atoms with Gasteiger partial charge in [0, 0.05) is 30.5 Å². The Kier molecular flexibility index (Phi) is 6.81. The summed E-state index contributed by atoms with van der Waals surface area (Å²) in [5, 5.41) is 7.32. The Labute approximate surface area is 192 Å². The second-order valence-electron chi connectivity index (χ2n) is 7.81. The number of nitrogens with one attached hydrogen (secondary N) is 2. The number of carbonyl (C=O) groups excluding carboxylic acids is 1. The highest BCUT2D eigenvalue weighted by molar-refractivity contribution is 7.18. The van der Waals surface area contributed by atoms with Crippen LogP contribution in [-0.2, 0) is 12.8 Å². The van der Waals surface area contributed by atoms with Crippen LogP contribution in [-0.4, -0.2) is 29.5 Å². The molecular weight excluding hydrogens is 416 g/mol. The van der Waals surface area contributed by atoms with Crippen molar-refractivity contribution in [3.05, 3.63) is 76.4 Å². The Morgan fingerprint density at radius 1 is 1.03 bits per heavy atom. The molecule has 2 aromatic carbocycles. The predicted octanol–water partition coefficient (Wildman–Crippen LogP) is 5.63. The first-order valence-corrected chi connectivity index (χ1v) is 11.8. The number of aromatic nitrogens is 2. The SMILES string of the molecule is CCc1nc(NCCCc2ccc(-c3cccc(C(=O)NC)c3)cc2)c2cc(C)sc2n1. The molecule has 0 spiro atoms. The zero-order valence-corrected chi connectivity index (χ0v) is 19.6. The molecule has 4 rings (SSSR count). The van der Waals surface area contributed by atoms with E-state index in [1.54, 1.807) is 18.4 Å². The molecule has 0 atom stereocenters. The molecule has 2 N–H and O–H groups in total. The topological polar surface area (TPSA) is 66.9 Å². The summed E-state index contributed by atoms with van der Waals surface area (Å²) >= 11 is 1.72. The van der Waals surface area contributed by atoms with E-state index in [2.05, 4.69) is 59.8 Å². The second-order valence-corrected chi connectivity index (χ2v) is 9.04. The zero-order valence-electron chi connectivity index (χ0n) is 18.7. The van der Waals surface area contributed by atoms with Crippen molar-refractivity contribution in [2.75, 3.05) is 18.9 Å². The van der Waals surface area contributed by atoms with E-state index in [1.807, 2.05) is 24.3 Å². The van der Waals surface area contributed by atoms with Crippen LogP contribution < -0.4 is 10.6 Å². The van der Waals surface area contributed by atoms with Crippen LogP contribution in [0.3, 0.4) is 0 Å². The molecule has 0 fully saturated rings. The average Bonchev–Trinajstić information content (AvgIpc) is 3.21. The van der Waals surface area contributed by atoms with E-state index in [9.17, 15) is 4.79 Å². The number of benzene rings is 2. The first kappa shape index (κ1) is 22.0. The third kappa shape index (κ3) is 4.97. The normalized spacial score (nSPS) is 11.0. The Morgan fingerprint density at radius 2 is 1.84 bits per heavy atom. The Morgan fingerprint density at radius 3 is 2.59 bits per heavy atom. The van der Waals surface area contributed by atoms with Crippen molar-refractivity contribution < 1.29 is 4.79 Å². The summed E-state index contributed by atoms with van der Waals surface area (Å²) in [5.41, 5.74) is 4.13. The number of carbonyl (C=O) groups is 1. The van der Waals surface area contributed by atoms with Gasteiger partial charge < -0.3 is 10.6 Å². The van der Waals surface area contributed by atoms with E-state index < -0.39 is 0 Å². The largest absolute Gasteiger partial charge is 0.369 e. The van der Waals surface area contributed by atoms with E-state index in [0.717, 1.165) is 58.8 Å². The van der Waals surface area contributed by atoms with Gasteiger partial charge in [0.05, 0.1) is 5.39 Å². The molecule has 2 heterocycles. The average molecular weight is 445 g/mol. The second kappa shape index (κ2) is 9.92. The number of hydrogen-bond acceptors (Lipinski definition) is 5. The van der Waals surface area contributed by atoms with Crippen molar-refractivity contribution in [3.8, 4) is 11.1 Å². The van der Waals surface area contributed by atoms with Gasteiger partial charge in [-0.2, -0.15) is 0 Å². The smallest absolute Gasteiger partial charge is 0.251 e. The molecule has 4 aromatic rings. The van der Waals surface area contributed by atoms with Crippen LogP contribution >= 0.6 is 11.3 Å². The van der Waals surface area contributed by atoms with Crippen molar-refractivity contribution in [3.63, 3.8) is 0 Å². The third-order valence-corrected chi connectivity index (χ3v) is 6.40. The highest BCUT2D eigenvalue weighted by Crippen LogP contribution is 2.28. The fourth-order valence-electron chi connectivity index (χ4n) is 3.73. The molecule has 0 aliphatic carbocycles. The fraction of sp³-hybridized carbons (Fsp3) is 0.269. The maximum Gasteiger partial charge on any atom is 0.251 e. The molecule has 0 saturated carbocycles. The molecule has 0 radical (unpaired) electrons. The number of thiophene rings is 1. The van der Waals surface area contributed by atoms with Gasteiger partial charge in [0.15, 0.2) is 0 Å². The van der Waals surface area contributed by atoms with E-state index >= 15 is 0 Å². The minimum Gasteiger partial charge on any atom is -0.369 e. The van der Waals surface area contributed by atoms with Gasteiger partial charge in [-0.3, -0.25) is 4.79 Å². The molecule has 32 heavy (non-hydrogen) atoms.